The Morgan fingerprint density at radius 1 is 1.33 bits per heavy atom. The Hall–Kier alpha value is -1.41. The first-order chi connectivity index (χ1) is 9.99. The average molecular weight is 415 g/mol. The molecule has 0 saturated carbocycles. The minimum Gasteiger partial charge on any atom is -0.481 e. The van der Waals surface area contributed by atoms with Gasteiger partial charge in [0.25, 0.3) is 5.91 Å². The molecule has 2 aromatic rings. The summed E-state index contributed by atoms with van der Waals surface area (Å²) in [6.45, 7) is 2.07. The Balaban J connectivity index is 2.34. The van der Waals surface area contributed by atoms with E-state index in [2.05, 4.69) is 22.6 Å². The van der Waals surface area contributed by atoms with Crippen LogP contribution in [0.3, 0.4) is 0 Å². The highest BCUT2D eigenvalue weighted by Crippen LogP contribution is 2.24. The molecule has 6 heteroatoms. The lowest BCUT2D eigenvalue weighted by Crippen LogP contribution is -2.33. The third kappa shape index (κ3) is 4.04. The van der Waals surface area contributed by atoms with Crippen LogP contribution in [0.5, 0.6) is 0 Å². The van der Waals surface area contributed by atoms with Crippen LogP contribution in [-0.4, -0.2) is 23.5 Å². The van der Waals surface area contributed by atoms with Gasteiger partial charge in [0, 0.05) is 17.6 Å². The quantitative estimate of drug-likeness (QED) is 0.757. The van der Waals surface area contributed by atoms with Crippen molar-refractivity contribution in [1.82, 2.24) is 0 Å². The van der Waals surface area contributed by atoms with Crippen LogP contribution in [0, 0.1) is 9.81 Å². The van der Waals surface area contributed by atoms with E-state index in [1.807, 2.05) is 37.3 Å². The van der Waals surface area contributed by atoms with Gasteiger partial charge in [-0.15, -0.1) is 11.3 Å². The highest BCUT2D eigenvalue weighted by molar-refractivity contribution is 14.1. The van der Waals surface area contributed by atoms with Crippen molar-refractivity contribution in [1.29, 1.82) is 0 Å². The predicted molar refractivity (Wildman–Crippen MR) is 92.1 cm³/mol. The second-order valence-corrected chi connectivity index (χ2v) is 7.33. The highest BCUT2D eigenvalue weighted by Gasteiger charge is 2.20. The lowest BCUT2D eigenvalue weighted by Gasteiger charge is -2.23. The summed E-state index contributed by atoms with van der Waals surface area (Å²) in [4.78, 5) is 25.0. The monoisotopic (exact) mass is 415 g/mol. The van der Waals surface area contributed by atoms with Gasteiger partial charge in [0.2, 0.25) is 0 Å². The van der Waals surface area contributed by atoms with Crippen LogP contribution in [0.2, 0.25) is 0 Å². The molecule has 1 amide bonds. The summed E-state index contributed by atoms with van der Waals surface area (Å²) in [5, 5.41) is 10.7. The number of hydrogen-bond acceptors (Lipinski definition) is 3. The highest BCUT2D eigenvalue weighted by atomic mass is 127. The number of benzene rings is 1. The van der Waals surface area contributed by atoms with Crippen molar-refractivity contribution in [3.05, 3.63) is 49.7 Å². The van der Waals surface area contributed by atoms with Crippen molar-refractivity contribution in [3.63, 3.8) is 0 Å². The van der Waals surface area contributed by atoms with Gasteiger partial charge in [-0.1, -0.05) is 18.2 Å². The molecule has 0 radical (unpaired) electrons. The minimum absolute atomic E-state index is 0.0820. The topological polar surface area (TPSA) is 57.6 Å². The van der Waals surface area contributed by atoms with E-state index in [1.165, 1.54) is 11.3 Å². The van der Waals surface area contributed by atoms with E-state index in [0.29, 0.717) is 5.56 Å². The molecular weight excluding hydrogens is 401 g/mol. The van der Waals surface area contributed by atoms with Crippen LogP contribution in [0.15, 0.2) is 35.7 Å². The fourth-order valence-corrected chi connectivity index (χ4v) is 3.30. The van der Waals surface area contributed by atoms with Crippen molar-refractivity contribution in [2.45, 2.75) is 13.3 Å². The summed E-state index contributed by atoms with van der Waals surface area (Å²) in [6.07, 6.45) is -0.0820. The first-order valence-electron chi connectivity index (χ1n) is 6.32. The van der Waals surface area contributed by atoms with Gasteiger partial charge in [-0.05, 0) is 47.2 Å². The second-order valence-electron chi connectivity index (χ2n) is 4.53. The van der Waals surface area contributed by atoms with E-state index >= 15 is 0 Å². The molecule has 0 aliphatic rings. The summed E-state index contributed by atoms with van der Waals surface area (Å²) < 4.78 is 1.03. The SMILES string of the molecule is Cc1ccccc1N(CCC(=O)O)C(=O)c1csc(I)c1. The van der Waals surface area contributed by atoms with Crippen molar-refractivity contribution < 1.29 is 14.7 Å². The molecule has 1 aromatic carbocycles. The molecule has 2 rings (SSSR count). The molecule has 0 unspecified atom stereocenters. The number of hydrogen-bond donors (Lipinski definition) is 1. The molecule has 1 aromatic heterocycles. The molecule has 0 fully saturated rings. The van der Waals surface area contributed by atoms with Crippen molar-refractivity contribution in [2.75, 3.05) is 11.4 Å². The lowest BCUT2D eigenvalue weighted by atomic mass is 10.1. The number of anilines is 1. The molecule has 4 nitrogen and oxygen atoms in total. The van der Waals surface area contributed by atoms with Crippen molar-refractivity contribution in [3.8, 4) is 0 Å². The van der Waals surface area contributed by atoms with Crippen LogP contribution in [0.1, 0.15) is 22.3 Å². The number of aliphatic carboxylic acids is 1. The van der Waals surface area contributed by atoms with E-state index in [4.69, 9.17) is 5.11 Å². The Labute approximate surface area is 140 Å². The maximum Gasteiger partial charge on any atom is 0.305 e. The van der Waals surface area contributed by atoms with Gasteiger partial charge in [-0.2, -0.15) is 0 Å². The third-order valence-electron chi connectivity index (χ3n) is 3.02. The number of nitrogens with zero attached hydrogens (tertiary/aromatic N) is 1. The predicted octanol–water partition coefficient (Wildman–Crippen LogP) is 3.78. The molecular formula is C15H14INO3S. The number of aryl methyl sites for hydroxylation is 1. The zero-order chi connectivity index (χ0) is 15.4. The molecule has 1 heterocycles. The van der Waals surface area contributed by atoms with Crippen LogP contribution < -0.4 is 4.90 Å². The number of amides is 1. The summed E-state index contributed by atoms with van der Waals surface area (Å²) in [5.74, 6) is -1.08. The van der Waals surface area contributed by atoms with Gasteiger partial charge in [0.15, 0.2) is 0 Å². The van der Waals surface area contributed by atoms with E-state index in [-0.39, 0.29) is 18.9 Å². The number of carbonyl (C=O) groups is 2. The van der Waals surface area contributed by atoms with Gasteiger partial charge in [-0.3, -0.25) is 9.59 Å². The van der Waals surface area contributed by atoms with Crippen LogP contribution >= 0.6 is 33.9 Å². The maximum atomic E-state index is 12.7. The van der Waals surface area contributed by atoms with Gasteiger partial charge in [0.1, 0.15) is 0 Å². The largest absolute Gasteiger partial charge is 0.481 e. The number of carboxylic acid groups (broad SMARTS) is 1. The first kappa shape index (κ1) is 16.0. The fourth-order valence-electron chi connectivity index (χ4n) is 1.98. The summed E-state index contributed by atoms with van der Waals surface area (Å²) in [7, 11) is 0. The molecule has 0 aliphatic heterocycles. The number of carboxylic acids is 1. The number of rotatable bonds is 5. The van der Waals surface area contributed by atoms with E-state index in [9.17, 15) is 9.59 Å². The Kier molecular flexibility index (Phi) is 5.35. The zero-order valence-electron chi connectivity index (χ0n) is 11.4. The molecule has 0 aliphatic carbocycles. The summed E-state index contributed by atoms with van der Waals surface area (Å²) >= 11 is 3.66. The smallest absolute Gasteiger partial charge is 0.305 e. The number of thiophene rings is 1. The van der Waals surface area contributed by atoms with Gasteiger partial charge in [0.05, 0.1) is 14.9 Å². The third-order valence-corrected chi connectivity index (χ3v) is 4.80. The summed E-state index contributed by atoms with van der Waals surface area (Å²) in [6, 6.07) is 9.31. The number of halogens is 1. The summed E-state index contributed by atoms with van der Waals surface area (Å²) in [5.41, 5.74) is 2.30. The normalized spacial score (nSPS) is 10.4. The standard InChI is InChI=1S/C15H14INO3S/c1-10-4-2-3-5-12(10)17(7-6-14(18)19)15(20)11-8-13(16)21-9-11/h2-5,8-9H,6-7H2,1H3,(H,18,19). The molecule has 0 atom stereocenters. The van der Waals surface area contributed by atoms with Crippen molar-refractivity contribution >= 4 is 51.5 Å². The van der Waals surface area contributed by atoms with Gasteiger partial charge >= 0.3 is 5.97 Å². The maximum absolute atomic E-state index is 12.7. The molecule has 21 heavy (non-hydrogen) atoms. The molecule has 0 bridgehead atoms. The molecule has 110 valence electrons. The van der Waals surface area contributed by atoms with Crippen LogP contribution in [-0.2, 0) is 4.79 Å². The Morgan fingerprint density at radius 3 is 2.62 bits per heavy atom. The number of carbonyl (C=O) groups excluding carboxylic acids is 1. The fraction of sp³-hybridized carbons (Fsp3) is 0.200. The molecule has 1 N–H and O–H groups in total. The van der Waals surface area contributed by atoms with E-state index in [0.717, 1.165) is 14.1 Å². The van der Waals surface area contributed by atoms with Gasteiger partial charge < -0.3 is 10.0 Å². The Morgan fingerprint density at radius 2 is 2.05 bits per heavy atom. The van der Waals surface area contributed by atoms with E-state index in [1.54, 1.807) is 10.3 Å². The lowest BCUT2D eigenvalue weighted by molar-refractivity contribution is -0.136. The zero-order valence-corrected chi connectivity index (χ0v) is 14.3. The number of para-hydroxylation sites is 1. The van der Waals surface area contributed by atoms with Gasteiger partial charge in [-0.25, -0.2) is 0 Å². The first-order valence-corrected chi connectivity index (χ1v) is 8.28. The second kappa shape index (κ2) is 7.04. The van der Waals surface area contributed by atoms with Crippen LogP contribution in [0.4, 0.5) is 5.69 Å². The Bertz CT molecular complexity index is 668. The average Bonchev–Trinajstić information content (AvgIpc) is 2.87. The molecule has 0 saturated heterocycles. The van der Waals surface area contributed by atoms with Crippen LogP contribution in [0.25, 0.3) is 0 Å². The minimum atomic E-state index is -0.915. The molecule has 0 spiro atoms. The van der Waals surface area contributed by atoms with Crippen molar-refractivity contribution in [2.24, 2.45) is 0 Å². The van der Waals surface area contributed by atoms with E-state index < -0.39 is 5.97 Å².